The van der Waals surface area contributed by atoms with Crippen molar-refractivity contribution in [3.8, 4) is 0 Å². The van der Waals surface area contributed by atoms with Gasteiger partial charge >= 0.3 is 0 Å². The maximum Gasteiger partial charge on any atom is 0.220 e. The van der Waals surface area contributed by atoms with Crippen LogP contribution in [0.4, 0.5) is 0 Å². The van der Waals surface area contributed by atoms with Crippen molar-refractivity contribution in [1.29, 1.82) is 0 Å². The fraction of sp³-hybridized carbons (Fsp3) is 0.588. The molecule has 0 aromatic heterocycles. The third-order valence-electron chi connectivity index (χ3n) is 4.15. The van der Waals surface area contributed by atoms with Crippen LogP contribution in [-0.2, 0) is 17.9 Å². The number of hydrogen-bond donors (Lipinski definition) is 2. The van der Waals surface area contributed by atoms with Crippen LogP contribution in [0.5, 0.6) is 0 Å². The van der Waals surface area contributed by atoms with Gasteiger partial charge in [0.1, 0.15) is 0 Å². The molecule has 3 N–H and O–H groups in total. The van der Waals surface area contributed by atoms with Gasteiger partial charge in [-0.25, -0.2) is 0 Å². The summed E-state index contributed by atoms with van der Waals surface area (Å²) in [4.78, 5) is 14.1. The van der Waals surface area contributed by atoms with Gasteiger partial charge in [-0.1, -0.05) is 30.7 Å². The Balaban J connectivity index is 1.80. The number of nitrogens with zero attached hydrogens (tertiary/aromatic N) is 1. The summed E-state index contributed by atoms with van der Waals surface area (Å²) in [5, 5.41) is 3.02. The Morgan fingerprint density at radius 2 is 2.10 bits per heavy atom. The van der Waals surface area contributed by atoms with Gasteiger partial charge in [-0.3, -0.25) is 4.79 Å². The third-order valence-corrected chi connectivity index (χ3v) is 4.15. The van der Waals surface area contributed by atoms with Gasteiger partial charge in [-0.05, 0) is 44.0 Å². The monoisotopic (exact) mass is 289 g/mol. The molecule has 116 valence electrons. The highest BCUT2D eigenvalue weighted by Gasteiger charge is 2.25. The van der Waals surface area contributed by atoms with E-state index >= 15 is 0 Å². The van der Waals surface area contributed by atoms with Crippen molar-refractivity contribution in [2.45, 2.75) is 44.8 Å². The standard InChI is InChI=1S/C17H27N3O/c1-20(2)12-14-6-3-5-13(9-14)11-19-17(21)10-15-7-4-8-16(15)18/h3,5-6,9,15-16H,4,7-8,10-12,18H2,1-2H3,(H,19,21)/t15-,16+/m0/s1. The van der Waals surface area contributed by atoms with Crippen molar-refractivity contribution >= 4 is 5.91 Å². The highest BCUT2D eigenvalue weighted by atomic mass is 16.1. The Hall–Kier alpha value is -1.39. The van der Waals surface area contributed by atoms with Crippen LogP contribution < -0.4 is 11.1 Å². The number of carbonyl (C=O) groups excluding carboxylic acids is 1. The van der Waals surface area contributed by atoms with E-state index in [0.717, 1.165) is 31.4 Å². The van der Waals surface area contributed by atoms with E-state index in [1.165, 1.54) is 5.56 Å². The summed E-state index contributed by atoms with van der Waals surface area (Å²) in [5.41, 5.74) is 8.44. The SMILES string of the molecule is CN(C)Cc1cccc(CNC(=O)C[C@@H]2CCC[C@H]2N)c1. The van der Waals surface area contributed by atoms with E-state index in [1.54, 1.807) is 0 Å². The van der Waals surface area contributed by atoms with Crippen LogP contribution in [-0.4, -0.2) is 30.9 Å². The van der Waals surface area contributed by atoms with Crippen LogP contribution in [0.15, 0.2) is 24.3 Å². The number of carbonyl (C=O) groups is 1. The van der Waals surface area contributed by atoms with Gasteiger partial charge in [0.2, 0.25) is 5.91 Å². The summed E-state index contributed by atoms with van der Waals surface area (Å²) >= 11 is 0. The maximum absolute atomic E-state index is 12.0. The van der Waals surface area contributed by atoms with Gasteiger partial charge in [0, 0.05) is 25.6 Å². The quantitative estimate of drug-likeness (QED) is 0.840. The molecule has 1 saturated carbocycles. The number of benzene rings is 1. The molecule has 21 heavy (non-hydrogen) atoms. The second-order valence-electron chi connectivity index (χ2n) is 6.39. The average molecular weight is 289 g/mol. The van der Waals surface area contributed by atoms with Crippen molar-refractivity contribution < 1.29 is 4.79 Å². The molecular weight excluding hydrogens is 262 g/mol. The Labute approximate surface area is 127 Å². The van der Waals surface area contributed by atoms with Gasteiger partial charge in [-0.15, -0.1) is 0 Å². The van der Waals surface area contributed by atoms with Crippen molar-refractivity contribution in [2.24, 2.45) is 11.7 Å². The smallest absolute Gasteiger partial charge is 0.220 e. The fourth-order valence-electron chi connectivity index (χ4n) is 3.03. The second kappa shape index (κ2) is 7.57. The zero-order valence-electron chi connectivity index (χ0n) is 13.1. The lowest BCUT2D eigenvalue weighted by Gasteiger charge is -2.15. The number of rotatable bonds is 6. The molecule has 0 spiro atoms. The molecule has 0 heterocycles. The summed E-state index contributed by atoms with van der Waals surface area (Å²) in [6.45, 7) is 1.51. The first-order valence-electron chi connectivity index (χ1n) is 7.79. The van der Waals surface area contributed by atoms with Crippen molar-refractivity contribution in [2.75, 3.05) is 14.1 Å². The van der Waals surface area contributed by atoms with E-state index in [-0.39, 0.29) is 11.9 Å². The summed E-state index contributed by atoms with van der Waals surface area (Å²) < 4.78 is 0. The first-order valence-corrected chi connectivity index (χ1v) is 7.79. The first-order chi connectivity index (χ1) is 10.0. The van der Waals surface area contributed by atoms with Crippen LogP contribution in [0.25, 0.3) is 0 Å². The predicted molar refractivity (Wildman–Crippen MR) is 85.6 cm³/mol. The Kier molecular flexibility index (Phi) is 5.76. The zero-order chi connectivity index (χ0) is 15.2. The molecule has 1 aliphatic carbocycles. The van der Waals surface area contributed by atoms with Gasteiger partial charge in [-0.2, -0.15) is 0 Å². The Morgan fingerprint density at radius 3 is 2.76 bits per heavy atom. The average Bonchev–Trinajstić information content (AvgIpc) is 2.82. The van der Waals surface area contributed by atoms with Crippen LogP contribution in [0.1, 0.15) is 36.8 Å². The lowest BCUT2D eigenvalue weighted by atomic mass is 10.00. The number of hydrogen-bond acceptors (Lipinski definition) is 3. The number of amides is 1. The summed E-state index contributed by atoms with van der Waals surface area (Å²) in [7, 11) is 4.11. The molecule has 1 aromatic rings. The van der Waals surface area contributed by atoms with Crippen molar-refractivity contribution in [3.63, 3.8) is 0 Å². The lowest BCUT2D eigenvalue weighted by molar-refractivity contribution is -0.122. The Morgan fingerprint density at radius 1 is 1.33 bits per heavy atom. The molecule has 0 radical (unpaired) electrons. The van der Waals surface area contributed by atoms with Gasteiger partial charge in [0.15, 0.2) is 0 Å². The van der Waals surface area contributed by atoms with Crippen LogP contribution >= 0.6 is 0 Å². The molecule has 1 aromatic carbocycles. The van der Waals surface area contributed by atoms with Crippen LogP contribution in [0, 0.1) is 5.92 Å². The molecule has 4 heteroatoms. The topological polar surface area (TPSA) is 58.4 Å². The summed E-state index contributed by atoms with van der Waals surface area (Å²) in [5.74, 6) is 0.487. The van der Waals surface area contributed by atoms with E-state index < -0.39 is 0 Å². The molecule has 2 rings (SSSR count). The second-order valence-corrected chi connectivity index (χ2v) is 6.39. The third kappa shape index (κ3) is 5.14. The minimum atomic E-state index is 0.121. The molecule has 0 aliphatic heterocycles. The number of nitrogens with two attached hydrogens (primary N) is 1. The molecule has 0 bridgehead atoms. The minimum Gasteiger partial charge on any atom is -0.352 e. The summed E-state index contributed by atoms with van der Waals surface area (Å²) in [6, 6.07) is 8.58. The van der Waals surface area contributed by atoms with E-state index in [2.05, 4.69) is 42.5 Å². The molecule has 1 amide bonds. The molecule has 2 atom stereocenters. The summed E-state index contributed by atoms with van der Waals surface area (Å²) in [6.07, 6.45) is 3.88. The predicted octanol–water partition coefficient (Wildman–Crippen LogP) is 1.88. The minimum absolute atomic E-state index is 0.121. The maximum atomic E-state index is 12.0. The number of nitrogens with one attached hydrogen (secondary N) is 1. The lowest BCUT2D eigenvalue weighted by Crippen LogP contribution is -2.31. The van der Waals surface area contributed by atoms with E-state index in [4.69, 9.17) is 5.73 Å². The van der Waals surface area contributed by atoms with Gasteiger partial charge in [0.05, 0.1) is 0 Å². The van der Waals surface area contributed by atoms with Crippen molar-refractivity contribution in [3.05, 3.63) is 35.4 Å². The molecule has 1 fully saturated rings. The van der Waals surface area contributed by atoms with E-state index in [0.29, 0.717) is 18.9 Å². The normalized spacial score (nSPS) is 21.7. The molecular formula is C17H27N3O. The Bertz CT molecular complexity index is 473. The molecule has 1 aliphatic rings. The molecule has 0 saturated heterocycles. The van der Waals surface area contributed by atoms with Crippen LogP contribution in [0.2, 0.25) is 0 Å². The van der Waals surface area contributed by atoms with Gasteiger partial charge in [0.25, 0.3) is 0 Å². The van der Waals surface area contributed by atoms with Gasteiger partial charge < -0.3 is 16.0 Å². The molecule has 0 unspecified atom stereocenters. The zero-order valence-corrected chi connectivity index (χ0v) is 13.1. The highest BCUT2D eigenvalue weighted by molar-refractivity contribution is 5.76. The van der Waals surface area contributed by atoms with Crippen LogP contribution in [0.3, 0.4) is 0 Å². The first kappa shape index (κ1) is 16.0. The van der Waals surface area contributed by atoms with Crippen molar-refractivity contribution in [1.82, 2.24) is 10.2 Å². The van der Waals surface area contributed by atoms with E-state index in [1.807, 2.05) is 6.07 Å². The largest absolute Gasteiger partial charge is 0.352 e. The highest BCUT2D eigenvalue weighted by Crippen LogP contribution is 2.26. The molecule has 4 nitrogen and oxygen atoms in total. The fourth-order valence-corrected chi connectivity index (χ4v) is 3.03. The van der Waals surface area contributed by atoms with E-state index in [9.17, 15) is 4.79 Å².